The molecule has 0 bridgehead atoms. The van der Waals surface area contributed by atoms with Crippen LogP contribution in [0.3, 0.4) is 0 Å². The van der Waals surface area contributed by atoms with E-state index in [1.54, 1.807) is 0 Å². The Hall–Kier alpha value is 0.103. The van der Waals surface area contributed by atoms with Crippen molar-refractivity contribution in [2.45, 2.75) is 17.3 Å². The summed E-state index contributed by atoms with van der Waals surface area (Å²) in [7, 11) is 0. The predicted octanol–water partition coefficient (Wildman–Crippen LogP) is 1.50. The first kappa shape index (κ1) is 6.10. The van der Waals surface area contributed by atoms with E-state index in [0.717, 1.165) is 0 Å². The van der Waals surface area contributed by atoms with E-state index in [1.165, 1.54) is 0 Å². The minimum absolute atomic E-state index is 1.51. The van der Waals surface area contributed by atoms with Gasteiger partial charge in [-0.15, -0.1) is 0 Å². The van der Waals surface area contributed by atoms with Gasteiger partial charge < -0.3 is 0 Å². The molecule has 6 heavy (non-hydrogen) atoms. The van der Waals surface area contributed by atoms with Gasteiger partial charge in [0.2, 0.25) is 0 Å². The normalized spacial score (nSPS) is 10.3. The molecule has 0 aliphatic carbocycles. The van der Waals surface area contributed by atoms with E-state index < -0.39 is 13.3 Å². The molecule has 34 valence electrons. The topological polar surface area (TPSA) is 0 Å². The summed E-state index contributed by atoms with van der Waals surface area (Å²) in [6.07, 6.45) is 5.14. The van der Waals surface area contributed by atoms with Crippen molar-refractivity contribution in [2.75, 3.05) is 0 Å². The molecular weight excluding hydrogens is 133 g/mol. The van der Waals surface area contributed by atoms with Gasteiger partial charge in [-0.3, -0.25) is 0 Å². The van der Waals surface area contributed by atoms with Crippen LogP contribution in [0, 0.1) is 11.2 Å². The summed E-state index contributed by atoms with van der Waals surface area (Å²) in [5, 5.41) is 0. The first-order chi connectivity index (χ1) is 2.56. The molecule has 1 heteroatoms. The predicted molar refractivity (Wildman–Crippen MR) is 32.2 cm³/mol. The third-order valence-electron chi connectivity index (χ3n) is 0.433. The average Bonchev–Trinajstić information content (AvgIpc) is 1.35. The van der Waals surface area contributed by atoms with Crippen LogP contribution in [0.4, 0.5) is 0 Å². The van der Waals surface area contributed by atoms with Gasteiger partial charge in [-0.05, 0) is 0 Å². The van der Waals surface area contributed by atoms with E-state index in [0.29, 0.717) is 0 Å². The van der Waals surface area contributed by atoms with Crippen LogP contribution in [0.2, 0.25) is 17.3 Å². The molecule has 0 atom stereocenters. The standard InChI is InChI=1S/C5H10Ge/c1-5-6(2,3)4/h1H,2-4H3. The minimum atomic E-state index is -1.51. The molecule has 0 amide bonds. The summed E-state index contributed by atoms with van der Waals surface area (Å²) in [6, 6.07) is 0. The van der Waals surface area contributed by atoms with E-state index in [1.807, 2.05) is 0 Å². The third-order valence-corrected chi connectivity index (χ3v) is 2.25. The first-order valence-corrected chi connectivity index (χ1v) is 9.38. The third kappa shape index (κ3) is 4.10. The first-order valence-electron chi connectivity index (χ1n) is 2.04. The van der Waals surface area contributed by atoms with Crippen LogP contribution in [-0.2, 0) is 0 Å². The fourth-order valence-corrected chi connectivity index (χ4v) is 0. The Morgan fingerprint density at radius 1 is 1.33 bits per heavy atom. The monoisotopic (exact) mass is 144 g/mol. The Labute approximate surface area is 42.3 Å². The number of hydrogen-bond acceptors (Lipinski definition) is 0. The van der Waals surface area contributed by atoms with Crippen LogP contribution in [0.25, 0.3) is 0 Å². The van der Waals surface area contributed by atoms with E-state index in [-0.39, 0.29) is 0 Å². The van der Waals surface area contributed by atoms with Crippen molar-refractivity contribution in [3.63, 3.8) is 0 Å². The van der Waals surface area contributed by atoms with Gasteiger partial charge in [0.1, 0.15) is 0 Å². The van der Waals surface area contributed by atoms with Crippen molar-refractivity contribution < 1.29 is 0 Å². The number of terminal acetylenes is 1. The van der Waals surface area contributed by atoms with Gasteiger partial charge in [0.15, 0.2) is 0 Å². The summed E-state index contributed by atoms with van der Waals surface area (Å²) < 4.78 is 2.79. The molecule has 0 radical (unpaired) electrons. The Morgan fingerprint density at radius 3 is 1.50 bits per heavy atom. The van der Waals surface area contributed by atoms with Crippen LogP contribution in [-0.4, -0.2) is 13.3 Å². The van der Waals surface area contributed by atoms with Crippen LogP contribution >= 0.6 is 0 Å². The fourth-order valence-electron chi connectivity index (χ4n) is 0. The summed E-state index contributed by atoms with van der Waals surface area (Å²) in [6.45, 7) is 0. The second kappa shape index (κ2) is 1.70. The van der Waals surface area contributed by atoms with Crippen molar-refractivity contribution in [3.8, 4) is 11.2 Å². The zero-order valence-electron chi connectivity index (χ0n) is 4.58. The average molecular weight is 143 g/mol. The van der Waals surface area contributed by atoms with Gasteiger partial charge >= 0.3 is 41.7 Å². The molecule has 0 aromatic heterocycles. The molecule has 0 fully saturated rings. The van der Waals surface area contributed by atoms with Crippen molar-refractivity contribution in [1.82, 2.24) is 0 Å². The molecule has 0 aliphatic rings. The molecule has 0 saturated heterocycles. The summed E-state index contributed by atoms with van der Waals surface area (Å²) in [5.74, 6) is 6.58. The van der Waals surface area contributed by atoms with Crippen molar-refractivity contribution in [3.05, 3.63) is 0 Å². The second-order valence-electron chi connectivity index (χ2n) is 2.39. The number of hydrogen-bond donors (Lipinski definition) is 0. The van der Waals surface area contributed by atoms with Crippen LogP contribution in [0.1, 0.15) is 0 Å². The molecule has 0 heterocycles. The Morgan fingerprint density at radius 2 is 1.50 bits per heavy atom. The molecule has 0 unspecified atom stereocenters. The quantitative estimate of drug-likeness (QED) is 0.355. The van der Waals surface area contributed by atoms with E-state index in [4.69, 9.17) is 6.42 Å². The van der Waals surface area contributed by atoms with Gasteiger partial charge in [0.25, 0.3) is 0 Å². The Balaban J connectivity index is 3.55. The molecule has 0 aromatic rings. The maximum atomic E-state index is 5.14. The molecule has 0 spiro atoms. The van der Waals surface area contributed by atoms with E-state index in [9.17, 15) is 0 Å². The van der Waals surface area contributed by atoms with Crippen LogP contribution in [0.5, 0.6) is 0 Å². The Bertz CT molecular complexity index is 70.9. The summed E-state index contributed by atoms with van der Waals surface area (Å²) >= 11 is -1.51. The molecular formula is C5H10Ge. The van der Waals surface area contributed by atoms with Gasteiger partial charge in [-0.25, -0.2) is 0 Å². The van der Waals surface area contributed by atoms with Crippen molar-refractivity contribution in [1.29, 1.82) is 0 Å². The van der Waals surface area contributed by atoms with E-state index >= 15 is 0 Å². The van der Waals surface area contributed by atoms with Gasteiger partial charge in [-0.2, -0.15) is 0 Å². The molecule has 0 nitrogen and oxygen atoms in total. The van der Waals surface area contributed by atoms with Crippen LogP contribution in [0.15, 0.2) is 0 Å². The molecule has 0 saturated carbocycles. The molecule has 0 aliphatic heterocycles. The van der Waals surface area contributed by atoms with Crippen molar-refractivity contribution in [2.24, 2.45) is 0 Å². The van der Waals surface area contributed by atoms with Crippen molar-refractivity contribution >= 4 is 13.3 Å². The zero-order chi connectivity index (χ0) is 5.21. The summed E-state index contributed by atoms with van der Waals surface area (Å²) in [4.78, 5) is 0. The molecule has 0 rings (SSSR count). The summed E-state index contributed by atoms with van der Waals surface area (Å²) in [5.41, 5.74) is 0. The van der Waals surface area contributed by atoms with Gasteiger partial charge in [-0.1, -0.05) is 0 Å². The Kier molecular flexibility index (Phi) is 1.73. The van der Waals surface area contributed by atoms with Gasteiger partial charge in [0, 0.05) is 0 Å². The van der Waals surface area contributed by atoms with Gasteiger partial charge in [0.05, 0.1) is 0 Å². The number of rotatable bonds is 0. The van der Waals surface area contributed by atoms with Crippen LogP contribution < -0.4 is 0 Å². The zero-order valence-corrected chi connectivity index (χ0v) is 6.68. The SMILES string of the molecule is C#[C][Ge]([CH3])([CH3])[CH3]. The fraction of sp³-hybridized carbons (Fsp3) is 0.600. The maximum absolute atomic E-state index is 5.14. The molecule has 0 N–H and O–H groups in total. The second-order valence-corrected chi connectivity index (χ2v) is 12.4. The van der Waals surface area contributed by atoms with E-state index in [2.05, 4.69) is 22.0 Å². The molecule has 0 aromatic carbocycles.